The number of carboxylic acids is 1. The van der Waals surface area contributed by atoms with Gasteiger partial charge in [0.25, 0.3) is 5.91 Å². The molecule has 1 aromatic carbocycles. The van der Waals surface area contributed by atoms with Gasteiger partial charge in [0.1, 0.15) is 5.82 Å². The van der Waals surface area contributed by atoms with Crippen LogP contribution in [-0.2, 0) is 4.79 Å². The van der Waals surface area contributed by atoms with Crippen LogP contribution in [0.25, 0.3) is 0 Å². The van der Waals surface area contributed by atoms with Gasteiger partial charge in [-0.25, -0.2) is 4.39 Å². The van der Waals surface area contributed by atoms with Crippen LogP contribution in [0.3, 0.4) is 0 Å². The van der Waals surface area contributed by atoms with Gasteiger partial charge in [0.05, 0.1) is 11.5 Å². The van der Waals surface area contributed by atoms with Gasteiger partial charge >= 0.3 is 5.97 Å². The molecule has 0 bridgehead atoms. The molecule has 21 heavy (non-hydrogen) atoms. The van der Waals surface area contributed by atoms with E-state index in [0.29, 0.717) is 12.1 Å². The number of carbonyl (C=O) groups is 2. The molecule has 0 aliphatic rings. The van der Waals surface area contributed by atoms with Crippen molar-refractivity contribution < 1.29 is 19.1 Å². The number of carbonyl (C=O) groups excluding carboxylic acids is 1. The van der Waals surface area contributed by atoms with Crippen molar-refractivity contribution in [1.82, 2.24) is 0 Å². The number of primary amides is 1. The summed E-state index contributed by atoms with van der Waals surface area (Å²) < 4.78 is 13.1. The summed E-state index contributed by atoms with van der Waals surface area (Å²) in [7, 11) is 0. The van der Waals surface area contributed by atoms with Crippen LogP contribution in [0.1, 0.15) is 43.5 Å². The van der Waals surface area contributed by atoms with E-state index < -0.39 is 17.7 Å². The maximum Gasteiger partial charge on any atom is 0.306 e. The number of anilines is 1. The molecule has 1 amide bonds. The van der Waals surface area contributed by atoms with E-state index in [-0.39, 0.29) is 17.5 Å². The summed E-state index contributed by atoms with van der Waals surface area (Å²) in [4.78, 5) is 22.0. The fourth-order valence-electron chi connectivity index (χ4n) is 2.04. The largest absolute Gasteiger partial charge is 0.481 e. The first-order valence-electron chi connectivity index (χ1n) is 6.90. The molecule has 2 unspecified atom stereocenters. The van der Waals surface area contributed by atoms with Crippen LogP contribution in [0.15, 0.2) is 18.2 Å². The van der Waals surface area contributed by atoms with Crippen molar-refractivity contribution in [2.45, 2.75) is 39.2 Å². The van der Waals surface area contributed by atoms with Gasteiger partial charge in [0.2, 0.25) is 0 Å². The van der Waals surface area contributed by atoms with Crippen LogP contribution < -0.4 is 11.1 Å². The predicted octanol–water partition coefficient (Wildman–Crippen LogP) is 2.62. The summed E-state index contributed by atoms with van der Waals surface area (Å²) in [5.41, 5.74) is 5.82. The molecule has 0 spiro atoms. The molecule has 1 rings (SSSR count). The summed E-state index contributed by atoms with van der Waals surface area (Å²) in [6.45, 7) is 3.59. The molecule has 6 heteroatoms. The highest BCUT2D eigenvalue weighted by molar-refractivity contribution is 5.98. The minimum absolute atomic E-state index is 0.0227. The Morgan fingerprint density at radius 2 is 2.00 bits per heavy atom. The lowest BCUT2D eigenvalue weighted by Crippen LogP contribution is -2.20. The number of aliphatic carboxylic acids is 1. The van der Waals surface area contributed by atoms with Crippen LogP contribution in [0.5, 0.6) is 0 Å². The van der Waals surface area contributed by atoms with E-state index in [4.69, 9.17) is 10.8 Å². The normalized spacial score (nSPS) is 13.5. The second-order valence-electron chi connectivity index (χ2n) is 5.27. The molecule has 5 nitrogen and oxygen atoms in total. The van der Waals surface area contributed by atoms with Gasteiger partial charge in [-0.05, 0) is 38.0 Å². The molecule has 0 heterocycles. The van der Waals surface area contributed by atoms with Crippen molar-refractivity contribution in [2.24, 2.45) is 11.7 Å². The quantitative estimate of drug-likeness (QED) is 0.687. The van der Waals surface area contributed by atoms with Crippen LogP contribution in [0.4, 0.5) is 10.1 Å². The summed E-state index contributed by atoms with van der Waals surface area (Å²) in [6.07, 6.45) is 2.08. The van der Waals surface area contributed by atoms with E-state index in [2.05, 4.69) is 5.32 Å². The van der Waals surface area contributed by atoms with Crippen LogP contribution in [-0.4, -0.2) is 23.0 Å². The molecule has 0 saturated heterocycles. The van der Waals surface area contributed by atoms with E-state index >= 15 is 0 Å². The van der Waals surface area contributed by atoms with Crippen molar-refractivity contribution in [3.05, 3.63) is 29.6 Å². The topological polar surface area (TPSA) is 92.4 Å². The maximum absolute atomic E-state index is 13.1. The molecule has 4 N–H and O–H groups in total. The Balaban J connectivity index is 2.57. The molecule has 2 atom stereocenters. The minimum Gasteiger partial charge on any atom is -0.481 e. The number of carboxylic acid groups (broad SMARTS) is 1. The number of hydrogen-bond donors (Lipinski definition) is 3. The van der Waals surface area contributed by atoms with Gasteiger partial charge in [-0.2, -0.15) is 0 Å². The number of hydrogen-bond acceptors (Lipinski definition) is 3. The third-order valence-corrected chi connectivity index (χ3v) is 3.34. The lowest BCUT2D eigenvalue weighted by atomic mass is 10.0. The van der Waals surface area contributed by atoms with Gasteiger partial charge in [0, 0.05) is 11.7 Å². The first-order chi connectivity index (χ1) is 9.81. The zero-order valence-electron chi connectivity index (χ0n) is 12.2. The average Bonchev–Trinajstić information content (AvgIpc) is 2.40. The molecular weight excluding hydrogens is 275 g/mol. The highest BCUT2D eigenvalue weighted by Gasteiger charge is 2.13. The standard InChI is InChI=1S/C15H21FN2O3/c1-9(15(20)21)4-3-5-10(2)18-13-7-6-11(16)8-12(13)14(17)19/h6-10,18H,3-5H2,1-2H3,(H2,17,19)(H,20,21). The third-order valence-electron chi connectivity index (χ3n) is 3.34. The Labute approximate surface area is 123 Å². The molecule has 0 radical (unpaired) electrons. The van der Waals surface area contributed by atoms with Gasteiger partial charge in [-0.3, -0.25) is 9.59 Å². The average molecular weight is 296 g/mol. The van der Waals surface area contributed by atoms with Crippen LogP contribution in [0.2, 0.25) is 0 Å². The van der Waals surface area contributed by atoms with Crippen molar-refractivity contribution in [2.75, 3.05) is 5.32 Å². The van der Waals surface area contributed by atoms with Crippen molar-refractivity contribution in [1.29, 1.82) is 0 Å². The molecule has 0 aromatic heterocycles. The van der Waals surface area contributed by atoms with E-state index in [9.17, 15) is 14.0 Å². The SMILES string of the molecule is CC(CCCC(C)C(=O)O)Nc1ccc(F)cc1C(N)=O. The zero-order chi connectivity index (χ0) is 16.0. The van der Waals surface area contributed by atoms with Crippen molar-refractivity contribution in [3.63, 3.8) is 0 Å². The van der Waals surface area contributed by atoms with Crippen LogP contribution in [0, 0.1) is 11.7 Å². The number of amides is 1. The maximum atomic E-state index is 13.1. The predicted molar refractivity (Wildman–Crippen MR) is 78.7 cm³/mol. The highest BCUT2D eigenvalue weighted by Crippen LogP contribution is 2.19. The summed E-state index contributed by atoms with van der Waals surface area (Å²) in [5.74, 6) is -2.38. The second-order valence-corrected chi connectivity index (χ2v) is 5.27. The zero-order valence-corrected chi connectivity index (χ0v) is 12.2. The lowest BCUT2D eigenvalue weighted by molar-refractivity contribution is -0.141. The minimum atomic E-state index is -0.801. The summed E-state index contributed by atoms with van der Waals surface area (Å²) >= 11 is 0. The van der Waals surface area contributed by atoms with Gasteiger partial charge in [-0.1, -0.05) is 13.3 Å². The first-order valence-corrected chi connectivity index (χ1v) is 6.90. The number of halogens is 1. The second kappa shape index (κ2) is 7.61. The van der Waals surface area contributed by atoms with Gasteiger partial charge in [0.15, 0.2) is 0 Å². The Kier molecular flexibility index (Phi) is 6.14. The highest BCUT2D eigenvalue weighted by atomic mass is 19.1. The molecule has 116 valence electrons. The number of nitrogens with one attached hydrogen (secondary N) is 1. The molecule has 1 aromatic rings. The molecular formula is C15H21FN2O3. The molecule has 0 saturated carbocycles. The monoisotopic (exact) mass is 296 g/mol. The summed E-state index contributed by atoms with van der Waals surface area (Å²) in [6, 6.07) is 3.86. The third kappa shape index (κ3) is 5.41. The molecule has 0 fully saturated rings. The fourth-order valence-corrected chi connectivity index (χ4v) is 2.04. The van der Waals surface area contributed by atoms with Gasteiger partial charge < -0.3 is 16.2 Å². The van der Waals surface area contributed by atoms with E-state index in [1.807, 2.05) is 6.92 Å². The Bertz CT molecular complexity index is 520. The van der Waals surface area contributed by atoms with E-state index in [1.165, 1.54) is 12.1 Å². The number of benzene rings is 1. The molecule has 0 aliphatic carbocycles. The van der Waals surface area contributed by atoms with Crippen molar-refractivity contribution in [3.8, 4) is 0 Å². The first kappa shape index (κ1) is 16.9. The van der Waals surface area contributed by atoms with Crippen molar-refractivity contribution >= 4 is 17.6 Å². The Morgan fingerprint density at radius 3 is 2.57 bits per heavy atom. The Hall–Kier alpha value is -2.11. The smallest absolute Gasteiger partial charge is 0.306 e. The number of rotatable bonds is 8. The van der Waals surface area contributed by atoms with Crippen LogP contribution >= 0.6 is 0 Å². The summed E-state index contributed by atoms with van der Waals surface area (Å²) in [5, 5.41) is 11.9. The number of nitrogens with two attached hydrogens (primary N) is 1. The fraction of sp³-hybridized carbons (Fsp3) is 0.467. The van der Waals surface area contributed by atoms with Gasteiger partial charge in [-0.15, -0.1) is 0 Å². The Morgan fingerprint density at radius 1 is 1.33 bits per heavy atom. The molecule has 0 aliphatic heterocycles. The van der Waals surface area contributed by atoms with E-state index in [0.717, 1.165) is 18.9 Å². The lowest BCUT2D eigenvalue weighted by Gasteiger charge is -2.17. The van der Waals surface area contributed by atoms with E-state index in [1.54, 1.807) is 6.92 Å².